The van der Waals surface area contributed by atoms with Crippen molar-refractivity contribution >= 4 is 23.0 Å². The van der Waals surface area contributed by atoms with Crippen molar-refractivity contribution in [3.63, 3.8) is 0 Å². The van der Waals surface area contributed by atoms with Crippen LogP contribution in [0.3, 0.4) is 0 Å². The van der Waals surface area contributed by atoms with Crippen LogP contribution in [0.1, 0.15) is 97.8 Å². The van der Waals surface area contributed by atoms with Gasteiger partial charge in [0.25, 0.3) is 0 Å². The zero-order valence-electron chi connectivity index (χ0n) is 35.1. The number of carbonyl (C=O) groups excluding carboxylic acids is 1. The van der Waals surface area contributed by atoms with Gasteiger partial charge in [-0.3, -0.25) is 14.5 Å². The Kier molecular flexibility index (Phi) is 13.6. The second-order valence-corrected chi connectivity index (χ2v) is 17.3. The first-order chi connectivity index (χ1) is 30.2. The van der Waals surface area contributed by atoms with Crippen LogP contribution in [0.25, 0.3) is 10.9 Å². The van der Waals surface area contributed by atoms with Crippen molar-refractivity contribution in [2.24, 2.45) is 11.8 Å². The second-order valence-electron chi connectivity index (χ2n) is 17.3. The zero-order chi connectivity index (χ0) is 43.1. The largest absolute Gasteiger partial charge is 0.506 e. The quantitative estimate of drug-likeness (QED) is 0.0509. The van der Waals surface area contributed by atoms with Crippen LogP contribution in [0.15, 0.2) is 108 Å². The molecule has 326 valence electrons. The number of hydrogen-bond acceptors (Lipinski definition) is 9. The molecule has 4 fully saturated rings. The Bertz CT molecular complexity index is 2360. The third-order valence-electron chi connectivity index (χ3n) is 13.5. The van der Waals surface area contributed by atoms with Gasteiger partial charge in [-0.15, -0.1) is 0 Å². The van der Waals surface area contributed by atoms with E-state index in [0.29, 0.717) is 54.3 Å². The molecule has 0 spiro atoms. The fourth-order valence-corrected chi connectivity index (χ4v) is 10.1. The predicted octanol–water partition coefficient (Wildman–Crippen LogP) is 7.73. The molecule has 3 unspecified atom stereocenters. The van der Waals surface area contributed by atoms with E-state index in [1.807, 2.05) is 78.9 Å². The molecule has 5 aromatic rings. The van der Waals surface area contributed by atoms with Crippen molar-refractivity contribution < 1.29 is 34.4 Å². The van der Waals surface area contributed by atoms with Crippen LogP contribution in [-0.2, 0) is 21.6 Å². The number of phenols is 1. The van der Waals surface area contributed by atoms with Gasteiger partial charge in [-0.05, 0) is 122 Å². The van der Waals surface area contributed by atoms with E-state index in [0.717, 1.165) is 93.3 Å². The molecular formula is C50H58N4O8. The van der Waals surface area contributed by atoms with Gasteiger partial charge in [0.2, 0.25) is 5.56 Å². The molecule has 1 aromatic heterocycles. The van der Waals surface area contributed by atoms with Crippen LogP contribution in [0.2, 0.25) is 0 Å². The fraction of sp³-hybridized carbons (Fsp3) is 0.420. The number of carboxylic acid groups (broad SMARTS) is 1. The summed E-state index contributed by atoms with van der Waals surface area (Å²) in [6, 6.07) is 31.2. The lowest BCUT2D eigenvalue weighted by Crippen LogP contribution is -2.52. The second kappa shape index (κ2) is 19.6. The molecule has 1 saturated carbocycles. The van der Waals surface area contributed by atoms with E-state index in [1.54, 1.807) is 12.1 Å². The molecule has 4 aromatic carbocycles. The Balaban J connectivity index is 0.860. The number of carboxylic acids is 1. The minimum atomic E-state index is -0.967. The zero-order valence-corrected chi connectivity index (χ0v) is 35.1. The average molecular weight is 843 g/mol. The van der Waals surface area contributed by atoms with E-state index >= 15 is 0 Å². The van der Waals surface area contributed by atoms with Gasteiger partial charge < -0.3 is 40.4 Å². The number of aliphatic carboxylic acids is 1. The Morgan fingerprint density at radius 2 is 1.68 bits per heavy atom. The smallest absolute Gasteiger partial charge is 0.408 e. The topological polar surface area (TPSA) is 173 Å². The highest BCUT2D eigenvalue weighted by Crippen LogP contribution is 2.46. The third kappa shape index (κ3) is 9.67. The van der Waals surface area contributed by atoms with E-state index in [2.05, 4.69) is 20.5 Å². The molecule has 4 aliphatic rings. The number of aliphatic hydroxyl groups is 1. The van der Waals surface area contributed by atoms with Gasteiger partial charge >= 0.3 is 12.1 Å². The molecule has 12 nitrogen and oxygen atoms in total. The van der Waals surface area contributed by atoms with Crippen LogP contribution in [-0.4, -0.2) is 76.1 Å². The molecule has 1 amide bonds. The van der Waals surface area contributed by atoms with E-state index in [9.17, 15) is 29.7 Å². The first kappa shape index (κ1) is 43.0. The summed E-state index contributed by atoms with van der Waals surface area (Å²) in [6.45, 7) is 4.19. The highest BCUT2D eigenvalue weighted by Gasteiger charge is 2.48. The molecule has 4 heterocycles. The Morgan fingerprint density at radius 1 is 0.887 bits per heavy atom. The monoisotopic (exact) mass is 842 g/mol. The molecule has 5 atom stereocenters. The number of unbranched alkanes of at least 4 members (excludes halogenated alkanes) is 1. The summed E-state index contributed by atoms with van der Waals surface area (Å²) in [5.74, 6) is 0.238. The Morgan fingerprint density at radius 3 is 2.44 bits per heavy atom. The molecule has 1 aliphatic carbocycles. The average Bonchev–Trinajstić information content (AvgIpc) is 3.30. The number of fused-ring (bicyclic) bond motifs is 4. The summed E-state index contributed by atoms with van der Waals surface area (Å²) in [6.07, 6.45) is 6.53. The van der Waals surface area contributed by atoms with Gasteiger partial charge in [0, 0.05) is 24.5 Å². The number of phenolic OH excluding ortho intramolecular Hbond substituents is 1. The van der Waals surface area contributed by atoms with Crippen molar-refractivity contribution in [2.45, 2.75) is 88.1 Å². The van der Waals surface area contributed by atoms with E-state index < -0.39 is 29.6 Å². The lowest BCUT2D eigenvalue weighted by atomic mass is 9.61. The summed E-state index contributed by atoms with van der Waals surface area (Å²) in [4.78, 5) is 43.3. The van der Waals surface area contributed by atoms with Crippen LogP contribution >= 0.6 is 0 Å². The Labute approximate surface area is 362 Å². The third-order valence-corrected chi connectivity index (χ3v) is 13.5. The maximum absolute atomic E-state index is 13.3. The number of ether oxygens (including phenoxy) is 2. The molecule has 2 bridgehead atoms. The van der Waals surface area contributed by atoms with Crippen molar-refractivity contribution in [1.82, 2.24) is 20.5 Å². The maximum atomic E-state index is 13.3. The summed E-state index contributed by atoms with van der Waals surface area (Å²) < 4.78 is 12.3. The van der Waals surface area contributed by atoms with E-state index in [4.69, 9.17) is 9.47 Å². The number of piperidine rings is 3. The van der Waals surface area contributed by atoms with E-state index in [1.165, 1.54) is 12.1 Å². The Hall–Kier alpha value is -5.69. The first-order valence-electron chi connectivity index (χ1n) is 22.2. The summed E-state index contributed by atoms with van der Waals surface area (Å²) in [5, 5.41) is 39.0. The van der Waals surface area contributed by atoms with Gasteiger partial charge in [-0.25, -0.2) is 4.79 Å². The van der Waals surface area contributed by atoms with Crippen LogP contribution in [0.4, 0.5) is 4.79 Å². The fourth-order valence-electron chi connectivity index (χ4n) is 10.1. The molecule has 3 saturated heterocycles. The van der Waals surface area contributed by atoms with Crippen molar-refractivity contribution in [3.8, 4) is 11.5 Å². The summed E-state index contributed by atoms with van der Waals surface area (Å²) >= 11 is 0. The highest BCUT2D eigenvalue weighted by molar-refractivity contribution is 5.87. The van der Waals surface area contributed by atoms with Gasteiger partial charge in [0.1, 0.15) is 24.2 Å². The predicted molar refractivity (Wildman–Crippen MR) is 237 cm³/mol. The maximum Gasteiger partial charge on any atom is 0.408 e. The number of benzene rings is 4. The van der Waals surface area contributed by atoms with Gasteiger partial charge in [-0.1, -0.05) is 92.1 Å². The van der Waals surface area contributed by atoms with E-state index in [-0.39, 0.29) is 23.3 Å². The number of aromatic amines is 1. The number of aliphatic hydroxyl groups excluding tert-OH is 1. The van der Waals surface area contributed by atoms with Crippen LogP contribution in [0.5, 0.6) is 11.5 Å². The molecule has 62 heavy (non-hydrogen) atoms. The number of aromatic nitrogens is 1. The number of H-pyrrole nitrogens is 1. The number of nitrogens with zero attached hydrogens (tertiary/aromatic N) is 1. The number of rotatable bonds is 17. The van der Waals surface area contributed by atoms with Crippen molar-refractivity contribution in [2.75, 3.05) is 32.7 Å². The number of carbonyl (C=O) groups is 2. The minimum Gasteiger partial charge on any atom is -0.506 e. The van der Waals surface area contributed by atoms with Crippen LogP contribution < -0.4 is 20.9 Å². The number of amides is 1. The summed E-state index contributed by atoms with van der Waals surface area (Å²) in [5.41, 5.74) is 3.18. The van der Waals surface area contributed by atoms with Gasteiger partial charge in [0.15, 0.2) is 0 Å². The van der Waals surface area contributed by atoms with Crippen molar-refractivity contribution in [3.05, 3.63) is 141 Å². The molecule has 3 aliphatic heterocycles. The minimum absolute atomic E-state index is 0.00582. The normalized spacial score (nSPS) is 23.0. The highest BCUT2D eigenvalue weighted by atomic mass is 16.6. The van der Waals surface area contributed by atoms with Crippen LogP contribution in [0, 0.1) is 11.8 Å². The standard InChI is InChI=1S/C50H58N4O8/c55-42-21-19-40(41-20-22-45(57)52-47(41)42)43(56)30-51-26-7-5-13-37-12-4-6-25-50(37,48(58)59)38-17-15-33(16-18-38)32-61-39-14-8-11-36(29-39)46(35-9-2-1-3-10-35)53-49(60)62-44-31-54-27-23-34(44)24-28-54/h1-3,8-11,14-22,29,34,37,43-44,46,51,55-56H,4-7,12-13,23-28,30-32H2,(H,52,57)(H,53,60)(H,58,59)/t37?,43-,44-,46?,50?/m0/s1. The van der Waals surface area contributed by atoms with Gasteiger partial charge in [-0.2, -0.15) is 0 Å². The molecule has 6 N–H and O–H groups in total. The molecule has 12 heteroatoms. The lowest BCUT2D eigenvalue weighted by Gasteiger charge is -2.43. The molecule has 0 radical (unpaired) electrons. The first-order valence-corrected chi connectivity index (χ1v) is 22.2. The lowest BCUT2D eigenvalue weighted by molar-refractivity contribution is -0.148. The number of pyridine rings is 1. The number of alkyl carbamates (subject to hydrolysis) is 1. The SMILES string of the molecule is O=C(NC(c1ccccc1)c1cccc(OCc2ccc(C3(C(=O)O)CCCCC3CCCCNC[C@H](O)c3ccc(O)c4[nH]c(=O)ccc34)cc2)c1)O[C@H]1CN2CCC1CC2. The van der Waals surface area contributed by atoms with Gasteiger partial charge in [0.05, 0.1) is 23.1 Å². The molecule has 9 rings (SSSR count). The van der Waals surface area contributed by atoms with Crippen molar-refractivity contribution in [1.29, 1.82) is 0 Å². The molecular weight excluding hydrogens is 785 g/mol. The number of aromatic hydroxyl groups is 1. The number of nitrogens with one attached hydrogen (secondary N) is 3. The number of hydrogen-bond donors (Lipinski definition) is 6. The summed E-state index contributed by atoms with van der Waals surface area (Å²) in [7, 11) is 0.